The van der Waals surface area contributed by atoms with Gasteiger partial charge in [-0.3, -0.25) is 4.79 Å². The fraction of sp³-hybridized carbons (Fsp3) is 0.533. The van der Waals surface area contributed by atoms with Gasteiger partial charge < -0.3 is 14.8 Å². The van der Waals surface area contributed by atoms with Crippen molar-refractivity contribution in [1.29, 1.82) is 0 Å². The number of thiazole rings is 1. The van der Waals surface area contributed by atoms with Crippen LogP contribution in [0.25, 0.3) is 0 Å². The summed E-state index contributed by atoms with van der Waals surface area (Å²) in [7, 11) is 1.97. The Balaban J connectivity index is 0.00000144. The lowest BCUT2D eigenvalue weighted by Gasteiger charge is -2.35. The first-order chi connectivity index (χ1) is 10.7. The minimum absolute atomic E-state index is 0. The Morgan fingerprint density at radius 2 is 2.25 bits per heavy atom. The van der Waals surface area contributed by atoms with E-state index < -0.39 is 0 Å². The first-order valence-electron chi connectivity index (χ1n) is 7.59. The number of aromatic nitrogens is 3. The van der Waals surface area contributed by atoms with E-state index in [1.165, 1.54) is 0 Å². The minimum Gasteiger partial charge on any atom is -0.336 e. The second-order valence-corrected chi connectivity index (χ2v) is 6.41. The van der Waals surface area contributed by atoms with Gasteiger partial charge in [-0.1, -0.05) is 6.92 Å². The summed E-state index contributed by atoms with van der Waals surface area (Å²) in [6.07, 6.45) is 4.99. The number of imidazole rings is 1. The highest BCUT2D eigenvalue weighted by molar-refractivity contribution is 7.09. The van der Waals surface area contributed by atoms with Crippen molar-refractivity contribution in [2.75, 3.05) is 19.6 Å². The lowest BCUT2D eigenvalue weighted by atomic mass is 10.1. The van der Waals surface area contributed by atoms with Crippen LogP contribution in [0.15, 0.2) is 17.8 Å². The largest absolute Gasteiger partial charge is 0.336 e. The molecule has 1 aliphatic rings. The maximum Gasteiger partial charge on any atom is 0.229 e. The fourth-order valence-electron chi connectivity index (χ4n) is 2.78. The van der Waals surface area contributed by atoms with Gasteiger partial charge >= 0.3 is 0 Å². The summed E-state index contributed by atoms with van der Waals surface area (Å²) in [5.41, 5.74) is 0.879. The Kier molecular flexibility index (Phi) is 8.15. The number of amides is 1. The van der Waals surface area contributed by atoms with Crippen LogP contribution in [0.3, 0.4) is 0 Å². The van der Waals surface area contributed by atoms with Crippen molar-refractivity contribution in [2.24, 2.45) is 7.05 Å². The molecule has 9 heteroatoms. The predicted octanol–water partition coefficient (Wildman–Crippen LogP) is 2.00. The summed E-state index contributed by atoms with van der Waals surface area (Å²) in [4.78, 5) is 23.6. The Labute approximate surface area is 158 Å². The molecule has 24 heavy (non-hydrogen) atoms. The minimum atomic E-state index is -0.00877. The van der Waals surface area contributed by atoms with Crippen molar-refractivity contribution in [3.05, 3.63) is 34.3 Å². The first kappa shape index (κ1) is 20.9. The fourth-order valence-corrected chi connectivity index (χ4v) is 3.53. The zero-order valence-corrected chi connectivity index (χ0v) is 16.2. The summed E-state index contributed by atoms with van der Waals surface area (Å²) in [5.74, 6) is 1.05. The van der Waals surface area contributed by atoms with Crippen molar-refractivity contribution >= 4 is 42.1 Å². The van der Waals surface area contributed by atoms with Gasteiger partial charge in [0.25, 0.3) is 0 Å². The van der Waals surface area contributed by atoms with E-state index in [0.29, 0.717) is 13.0 Å². The summed E-state index contributed by atoms with van der Waals surface area (Å²) in [6.45, 7) is 4.36. The third-order valence-electron chi connectivity index (χ3n) is 3.95. The molecule has 3 rings (SSSR count). The van der Waals surface area contributed by atoms with E-state index in [2.05, 4.69) is 22.2 Å². The first-order valence-corrected chi connectivity index (χ1v) is 8.47. The van der Waals surface area contributed by atoms with Crippen molar-refractivity contribution in [2.45, 2.75) is 25.8 Å². The van der Waals surface area contributed by atoms with Crippen LogP contribution in [0.5, 0.6) is 0 Å². The van der Waals surface area contributed by atoms with Gasteiger partial charge in [-0.2, -0.15) is 0 Å². The highest BCUT2D eigenvalue weighted by Crippen LogP contribution is 2.22. The maximum atomic E-state index is 12.7. The molecule has 1 amide bonds. The van der Waals surface area contributed by atoms with Gasteiger partial charge in [-0.15, -0.1) is 36.2 Å². The molecule has 0 aromatic carbocycles. The number of halogens is 2. The Hall–Kier alpha value is -1.15. The van der Waals surface area contributed by atoms with Gasteiger partial charge in [0, 0.05) is 44.5 Å². The normalized spacial score (nSPS) is 17.1. The highest BCUT2D eigenvalue weighted by Gasteiger charge is 2.30. The zero-order valence-electron chi connectivity index (χ0n) is 13.8. The number of nitrogens with zero attached hydrogens (tertiary/aromatic N) is 4. The number of hydrogen-bond acceptors (Lipinski definition) is 5. The molecule has 134 valence electrons. The number of carbonyl (C=O) groups excluding carboxylic acids is 1. The number of aryl methyl sites for hydroxylation is 2. The van der Waals surface area contributed by atoms with Gasteiger partial charge in [0.05, 0.1) is 17.1 Å². The molecule has 1 unspecified atom stereocenters. The van der Waals surface area contributed by atoms with Crippen molar-refractivity contribution in [3.63, 3.8) is 0 Å². The standard InChI is InChI=1S/C15H21N5OS.2ClH/c1-3-13-18-11(10-22-13)8-14(21)20-7-4-16-9-12(20)15-17-5-6-19(15)2;;/h5-6,10,12,16H,3-4,7-9H2,1-2H3;2*1H. The van der Waals surface area contributed by atoms with E-state index in [9.17, 15) is 4.79 Å². The number of carbonyl (C=O) groups is 1. The summed E-state index contributed by atoms with van der Waals surface area (Å²) >= 11 is 1.63. The van der Waals surface area contributed by atoms with Crippen LogP contribution in [0.4, 0.5) is 0 Å². The molecule has 1 aliphatic heterocycles. The van der Waals surface area contributed by atoms with Gasteiger partial charge in [0.15, 0.2) is 0 Å². The molecular weight excluding hydrogens is 369 g/mol. The molecule has 1 fully saturated rings. The predicted molar refractivity (Wildman–Crippen MR) is 100 cm³/mol. The molecule has 0 spiro atoms. The average Bonchev–Trinajstić information content (AvgIpc) is 3.16. The smallest absolute Gasteiger partial charge is 0.229 e. The van der Waals surface area contributed by atoms with E-state index in [1.807, 2.05) is 28.1 Å². The molecule has 0 aliphatic carbocycles. The lowest BCUT2D eigenvalue weighted by Crippen LogP contribution is -2.49. The second-order valence-electron chi connectivity index (χ2n) is 5.47. The topological polar surface area (TPSA) is 63.1 Å². The summed E-state index contributed by atoms with van der Waals surface area (Å²) in [6, 6.07) is -0.00877. The quantitative estimate of drug-likeness (QED) is 0.865. The van der Waals surface area contributed by atoms with Crippen molar-refractivity contribution in [3.8, 4) is 0 Å². The second kappa shape index (κ2) is 9.36. The number of hydrogen-bond donors (Lipinski definition) is 1. The van der Waals surface area contributed by atoms with E-state index in [0.717, 1.165) is 36.0 Å². The number of nitrogens with one attached hydrogen (secondary N) is 1. The Morgan fingerprint density at radius 3 is 2.88 bits per heavy atom. The van der Waals surface area contributed by atoms with E-state index in [-0.39, 0.29) is 36.8 Å². The van der Waals surface area contributed by atoms with Crippen LogP contribution in [0.2, 0.25) is 0 Å². The molecule has 6 nitrogen and oxygen atoms in total. The van der Waals surface area contributed by atoms with Gasteiger partial charge in [0.2, 0.25) is 5.91 Å². The Morgan fingerprint density at radius 1 is 1.46 bits per heavy atom. The van der Waals surface area contributed by atoms with E-state index >= 15 is 0 Å². The monoisotopic (exact) mass is 391 g/mol. The highest BCUT2D eigenvalue weighted by atomic mass is 35.5. The van der Waals surface area contributed by atoms with Crippen molar-refractivity contribution < 1.29 is 4.79 Å². The molecule has 2 aromatic heterocycles. The van der Waals surface area contributed by atoms with Crippen LogP contribution in [-0.2, 0) is 24.7 Å². The van der Waals surface area contributed by atoms with Gasteiger partial charge in [0.1, 0.15) is 11.9 Å². The third kappa shape index (κ3) is 4.47. The van der Waals surface area contributed by atoms with Crippen LogP contribution < -0.4 is 5.32 Å². The van der Waals surface area contributed by atoms with Crippen LogP contribution in [0, 0.1) is 0 Å². The zero-order chi connectivity index (χ0) is 15.5. The molecule has 0 radical (unpaired) electrons. The molecule has 0 bridgehead atoms. The number of piperazine rings is 1. The molecule has 1 saturated heterocycles. The van der Waals surface area contributed by atoms with E-state index in [4.69, 9.17) is 0 Å². The SMILES string of the molecule is CCc1nc(CC(=O)N2CCNCC2c2nccn2C)cs1.Cl.Cl. The lowest BCUT2D eigenvalue weighted by molar-refractivity contribution is -0.134. The molecular formula is C15H23Cl2N5OS. The summed E-state index contributed by atoms with van der Waals surface area (Å²) in [5, 5.41) is 6.43. The van der Waals surface area contributed by atoms with Crippen molar-refractivity contribution in [1.82, 2.24) is 24.8 Å². The summed E-state index contributed by atoms with van der Waals surface area (Å²) < 4.78 is 1.98. The average molecular weight is 392 g/mol. The number of rotatable bonds is 4. The molecule has 1 atom stereocenters. The van der Waals surface area contributed by atoms with E-state index in [1.54, 1.807) is 17.5 Å². The van der Waals surface area contributed by atoms with Crippen LogP contribution in [-0.4, -0.2) is 45.0 Å². The molecule has 2 aromatic rings. The molecule has 0 saturated carbocycles. The van der Waals surface area contributed by atoms with Gasteiger partial charge in [-0.05, 0) is 6.42 Å². The molecule has 1 N–H and O–H groups in total. The third-order valence-corrected chi connectivity index (χ3v) is 5.00. The van der Waals surface area contributed by atoms with Crippen LogP contribution >= 0.6 is 36.2 Å². The molecule has 3 heterocycles. The Bertz CT molecular complexity index is 660. The van der Waals surface area contributed by atoms with Crippen LogP contribution in [0.1, 0.15) is 29.5 Å². The maximum absolute atomic E-state index is 12.7. The van der Waals surface area contributed by atoms with Gasteiger partial charge in [-0.25, -0.2) is 9.97 Å².